The molecule has 4 nitrogen and oxygen atoms in total. The first-order valence-electron chi connectivity index (χ1n) is 9.80. The molecule has 138 valence electrons. The van der Waals surface area contributed by atoms with Gasteiger partial charge in [-0.3, -0.25) is 4.90 Å². The summed E-state index contributed by atoms with van der Waals surface area (Å²) >= 11 is 6.04. The molecule has 2 heterocycles. The van der Waals surface area contributed by atoms with E-state index in [0.29, 0.717) is 6.04 Å². The van der Waals surface area contributed by atoms with Gasteiger partial charge in [-0.15, -0.1) is 10.2 Å². The normalized spacial score (nSPS) is 20.7. The molecular formula is C22H23ClN4. The zero-order valence-electron chi connectivity index (χ0n) is 15.2. The lowest BCUT2D eigenvalue weighted by Gasteiger charge is -2.33. The van der Waals surface area contributed by atoms with Gasteiger partial charge in [0.05, 0.1) is 0 Å². The molecule has 1 N–H and O–H groups in total. The van der Waals surface area contributed by atoms with Crippen molar-refractivity contribution in [3.05, 3.63) is 53.6 Å². The van der Waals surface area contributed by atoms with Crippen molar-refractivity contribution in [1.29, 1.82) is 0 Å². The van der Waals surface area contributed by atoms with Crippen LogP contribution < -0.4 is 5.32 Å². The minimum Gasteiger partial charge on any atom is -0.364 e. The van der Waals surface area contributed by atoms with Crippen molar-refractivity contribution in [2.24, 2.45) is 0 Å². The fourth-order valence-corrected chi connectivity index (χ4v) is 4.25. The van der Waals surface area contributed by atoms with Gasteiger partial charge in [-0.25, -0.2) is 0 Å². The first-order chi connectivity index (χ1) is 13.3. The van der Waals surface area contributed by atoms with Crippen molar-refractivity contribution < 1.29 is 0 Å². The molecule has 2 aliphatic rings. The van der Waals surface area contributed by atoms with E-state index in [1.807, 2.05) is 24.3 Å². The molecule has 0 spiro atoms. The predicted molar refractivity (Wildman–Crippen MR) is 111 cm³/mol. The van der Waals surface area contributed by atoms with Crippen LogP contribution in [0.5, 0.6) is 0 Å². The van der Waals surface area contributed by atoms with Crippen LogP contribution in [0.25, 0.3) is 22.0 Å². The lowest BCUT2D eigenvalue weighted by atomic mass is 10.0. The number of rotatable bonds is 4. The number of hydrogen-bond acceptors (Lipinski definition) is 4. The lowest BCUT2D eigenvalue weighted by Crippen LogP contribution is -2.43. The van der Waals surface area contributed by atoms with Gasteiger partial charge in [0.2, 0.25) is 0 Å². The number of piperidine rings is 1. The third kappa shape index (κ3) is 3.52. The van der Waals surface area contributed by atoms with E-state index < -0.39 is 0 Å². The van der Waals surface area contributed by atoms with Gasteiger partial charge in [0.1, 0.15) is 5.69 Å². The first-order valence-corrected chi connectivity index (χ1v) is 10.2. The fourth-order valence-electron chi connectivity index (χ4n) is 4.12. The second-order valence-electron chi connectivity index (χ2n) is 7.66. The Hall–Kier alpha value is -2.17. The Kier molecular flexibility index (Phi) is 4.46. The largest absolute Gasteiger partial charge is 0.364 e. The van der Waals surface area contributed by atoms with E-state index in [4.69, 9.17) is 11.6 Å². The molecular weight excluding hydrogens is 356 g/mol. The Balaban J connectivity index is 1.47. The highest BCUT2D eigenvalue weighted by Gasteiger charge is 2.32. The lowest BCUT2D eigenvalue weighted by molar-refractivity contribution is 0.207. The van der Waals surface area contributed by atoms with Gasteiger partial charge in [0.15, 0.2) is 5.82 Å². The van der Waals surface area contributed by atoms with Crippen LogP contribution in [-0.4, -0.2) is 40.3 Å². The van der Waals surface area contributed by atoms with Crippen LogP contribution in [0, 0.1) is 0 Å². The topological polar surface area (TPSA) is 41.1 Å². The summed E-state index contributed by atoms with van der Waals surface area (Å²) in [4.78, 5) is 2.64. The van der Waals surface area contributed by atoms with Gasteiger partial charge in [-0.1, -0.05) is 48.0 Å². The predicted octanol–water partition coefficient (Wildman–Crippen LogP) is 4.99. The molecule has 0 amide bonds. The molecule has 0 radical (unpaired) electrons. The zero-order chi connectivity index (χ0) is 18.2. The van der Waals surface area contributed by atoms with Gasteiger partial charge in [0, 0.05) is 40.0 Å². The Labute approximate surface area is 164 Å². The van der Waals surface area contributed by atoms with Gasteiger partial charge in [0.25, 0.3) is 0 Å². The van der Waals surface area contributed by atoms with Gasteiger partial charge < -0.3 is 5.32 Å². The minimum absolute atomic E-state index is 0.443. The number of halogens is 1. The Morgan fingerprint density at radius 3 is 2.48 bits per heavy atom. The van der Waals surface area contributed by atoms with E-state index in [1.54, 1.807) is 0 Å². The molecule has 2 fully saturated rings. The molecule has 2 aromatic carbocycles. The van der Waals surface area contributed by atoms with Gasteiger partial charge in [-0.05, 0) is 44.4 Å². The Bertz CT molecular complexity index is 952. The van der Waals surface area contributed by atoms with E-state index >= 15 is 0 Å². The SMILES string of the molecule is Clc1ccc(-c2nnc(NC3CCCN(C4CC4)C3)c3ccccc23)cc1. The van der Waals surface area contributed by atoms with E-state index in [2.05, 4.69) is 44.7 Å². The molecule has 1 atom stereocenters. The van der Waals surface area contributed by atoms with Crippen LogP contribution in [0.2, 0.25) is 5.02 Å². The Morgan fingerprint density at radius 1 is 0.926 bits per heavy atom. The van der Waals surface area contributed by atoms with Crippen molar-refractivity contribution in [2.45, 2.75) is 37.8 Å². The van der Waals surface area contributed by atoms with E-state index in [9.17, 15) is 0 Å². The fraction of sp³-hybridized carbons (Fsp3) is 0.364. The highest BCUT2D eigenvalue weighted by molar-refractivity contribution is 6.30. The van der Waals surface area contributed by atoms with Crippen molar-refractivity contribution in [2.75, 3.05) is 18.4 Å². The summed E-state index contributed by atoms with van der Waals surface area (Å²) in [7, 11) is 0. The summed E-state index contributed by atoms with van der Waals surface area (Å²) in [5.41, 5.74) is 1.93. The summed E-state index contributed by atoms with van der Waals surface area (Å²) < 4.78 is 0. The van der Waals surface area contributed by atoms with E-state index in [1.165, 1.54) is 32.2 Å². The maximum Gasteiger partial charge on any atom is 0.156 e. The van der Waals surface area contributed by atoms with Gasteiger partial charge >= 0.3 is 0 Å². The smallest absolute Gasteiger partial charge is 0.156 e. The zero-order valence-corrected chi connectivity index (χ0v) is 16.0. The summed E-state index contributed by atoms with van der Waals surface area (Å²) in [5.74, 6) is 0.894. The van der Waals surface area contributed by atoms with Crippen LogP contribution in [-0.2, 0) is 0 Å². The van der Waals surface area contributed by atoms with Crippen LogP contribution in [0.4, 0.5) is 5.82 Å². The molecule has 1 aromatic heterocycles. The maximum absolute atomic E-state index is 6.04. The highest BCUT2D eigenvalue weighted by atomic mass is 35.5. The van der Waals surface area contributed by atoms with Crippen LogP contribution in [0.1, 0.15) is 25.7 Å². The molecule has 1 unspecified atom stereocenters. The van der Waals surface area contributed by atoms with Crippen molar-refractivity contribution in [3.63, 3.8) is 0 Å². The van der Waals surface area contributed by atoms with E-state index in [-0.39, 0.29) is 0 Å². The monoisotopic (exact) mass is 378 g/mol. The average Bonchev–Trinajstić information content (AvgIpc) is 3.55. The average molecular weight is 379 g/mol. The number of likely N-dealkylation sites (tertiary alicyclic amines) is 1. The quantitative estimate of drug-likeness (QED) is 0.694. The number of nitrogens with one attached hydrogen (secondary N) is 1. The van der Waals surface area contributed by atoms with Crippen LogP contribution in [0.15, 0.2) is 48.5 Å². The van der Waals surface area contributed by atoms with E-state index in [0.717, 1.165) is 45.5 Å². The number of fused-ring (bicyclic) bond motifs is 1. The standard InChI is InChI=1S/C22H23ClN4/c23-16-9-7-15(8-10-16)21-19-5-1-2-6-20(19)22(26-25-21)24-17-4-3-13-27(14-17)18-11-12-18/h1-2,5-10,17-18H,3-4,11-14H2,(H,24,26). The first kappa shape index (κ1) is 17.0. The molecule has 27 heavy (non-hydrogen) atoms. The number of benzene rings is 2. The molecule has 5 rings (SSSR count). The highest BCUT2D eigenvalue weighted by Crippen LogP contribution is 2.33. The minimum atomic E-state index is 0.443. The second kappa shape index (κ2) is 7.10. The Morgan fingerprint density at radius 2 is 1.70 bits per heavy atom. The van der Waals surface area contributed by atoms with Crippen molar-refractivity contribution in [3.8, 4) is 11.3 Å². The summed E-state index contributed by atoms with van der Waals surface area (Å²) in [6.45, 7) is 2.35. The third-order valence-electron chi connectivity index (χ3n) is 5.66. The van der Waals surface area contributed by atoms with Crippen LogP contribution in [0.3, 0.4) is 0 Å². The summed E-state index contributed by atoms with van der Waals surface area (Å²) in [6, 6.07) is 17.4. The molecule has 1 saturated carbocycles. The molecule has 1 aliphatic heterocycles. The second-order valence-corrected chi connectivity index (χ2v) is 8.10. The summed E-state index contributed by atoms with van der Waals surface area (Å²) in [5, 5.41) is 15.8. The molecule has 3 aromatic rings. The number of hydrogen-bond donors (Lipinski definition) is 1. The maximum atomic E-state index is 6.04. The number of aromatic nitrogens is 2. The third-order valence-corrected chi connectivity index (χ3v) is 5.91. The molecule has 5 heteroatoms. The molecule has 1 aliphatic carbocycles. The van der Waals surface area contributed by atoms with Gasteiger partial charge in [-0.2, -0.15) is 0 Å². The molecule has 0 bridgehead atoms. The molecule has 1 saturated heterocycles. The number of nitrogens with zero attached hydrogens (tertiary/aromatic N) is 3. The van der Waals surface area contributed by atoms with Crippen molar-refractivity contribution in [1.82, 2.24) is 15.1 Å². The number of anilines is 1. The van der Waals surface area contributed by atoms with Crippen LogP contribution >= 0.6 is 11.6 Å². The van der Waals surface area contributed by atoms with Crippen molar-refractivity contribution >= 4 is 28.2 Å². The summed E-state index contributed by atoms with van der Waals surface area (Å²) in [6.07, 6.45) is 5.18.